The van der Waals surface area contributed by atoms with E-state index in [1.54, 1.807) is 18.9 Å². The summed E-state index contributed by atoms with van der Waals surface area (Å²) in [4.78, 5) is 11.1. The van der Waals surface area contributed by atoms with E-state index in [1.165, 1.54) is 5.56 Å². The molecular formula is C14H18O3S. The standard InChI is InChI=1S/C14H18O3S/c1-17-11-7-5-10(6-8-11)9-18-13-4-2-3-12(13)14(15)16/h5-8,12-13H,2-4,9H2,1H3,(H,15,16)/t12-,13-/m0/s1. The van der Waals surface area contributed by atoms with Gasteiger partial charge in [0.15, 0.2) is 0 Å². The summed E-state index contributed by atoms with van der Waals surface area (Å²) in [5, 5.41) is 9.39. The summed E-state index contributed by atoms with van der Waals surface area (Å²) in [6.07, 6.45) is 2.89. The number of aliphatic carboxylic acids is 1. The highest BCUT2D eigenvalue weighted by molar-refractivity contribution is 7.99. The highest BCUT2D eigenvalue weighted by Gasteiger charge is 2.32. The molecule has 4 heteroatoms. The van der Waals surface area contributed by atoms with Crippen LogP contribution in [0.1, 0.15) is 24.8 Å². The van der Waals surface area contributed by atoms with Gasteiger partial charge in [-0.15, -0.1) is 0 Å². The topological polar surface area (TPSA) is 46.5 Å². The van der Waals surface area contributed by atoms with Gasteiger partial charge in [-0.25, -0.2) is 0 Å². The summed E-state index contributed by atoms with van der Waals surface area (Å²) < 4.78 is 5.11. The van der Waals surface area contributed by atoms with Gasteiger partial charge in [0.2, 0.25) is 0 Å². The van der Waals surface area contributed by atoms with Crippen molar-refractivity contribution < 1.29 is 14.6 Å². The third kappa shape index (κ3) is 3.19. The fraction of sp³-hybridized carbons (Fsp3) is 0.500. The van der Waals surface area contributed by atoms with Crippen LogP contribution in [0.15, 0.2) is 24.3 Å². The van der Waals surface area contributed by atoms with E-state index in [9.17, 15) is 4.79 Å². The summed E-state index contributed by atoms with van der Waals surface area (Å²) in [6.45, 7) is 0. The van der Waals surface area contributed by atoms with Crippen LogP contribution in [0.5, 0.6) is 5.75 Å². The molecule has 0 saturated heterocycles. The van der Waals surface area contributed by atoms with Crippen molar-refractivity contribution >= 4 is 17.7 Å². The Labute approximate surface area is 112 Å². The molecule has 0 aromatic heterocycles. The van der Waals surface area contributed by atoms with Crippen molar-refractivity contribution in [1.29, 1.82) is 0 Å². The minimum absolute atomic E-state index is 0.159. The lowest BCUT2D eigenvalue weighted by Gasteiger charge is -2.15. The predicted octanol–water partition coefficient (Wildman–Crippen LogP) is 3.18. The van der Waals surface area contributed by atoms with Crippen molar-refractivity contribution in [2.24, 2.45) is 5.92 Å². The Hall–Kier alpha value is -1.16. The van der Waals surface area contributed by atoms with E-state index in [1.807, 2.05) is 24.3 Å². The zero-order chi connectivity index (χ0) is 13.0. The third-order valence-electron chi connectivity index (χ3n) is 3.39. The van der Waals surface area contributed by atoms with Gasteiger partial charge in [0.25, 0.3) is 0 Å². The molecule has 1 aliphatic carbocycles. The zero-order valence-corrected chi connectivity index (χ0v) is 11.3. The van der Waals surface area contributed by atoms with Gasteiger partial charge >= 0.3 is 5.97 Å². The average molecular weight is 266 g/mol. The van der Waals surface area contributed by atoms with Crippen LogP contribution in [0, 0.1) is 5.92 Å². The van der Waals surface area contributed by atoms with Gasteiger partial charge in [-0.3, -0.25) is 4.79 Å². The average Bonchev–Trinajstić information content (AvgIpc) is 2.85. The van der Waals surface area contributed by atoms with E-state index in [2.05, 4.69) is 0 Å². The first-order valence-electron chi connectivity index (χ1n) is 6.18. The molecule has 2 atom stereocenters. The molecule has 1 aromatic rings. The Morgan fingerprint density at radius 1 is 1.39 bits per heavy atom. The number of thioether (sulfide) groups is 1. The summed E-state index contributed by atoms with van der Waals surface area (Å²) in [5.41, 5.74) is 1.22. The molecule has 0 unspecified atom stereocenters. The molecular weight excluding hydrogens is 248 g/mol. The first-order chi connectivity index (χ1) is 8.70. The summed E-state index contributed by atoms with van der Waals surface area (Å²) in [5.74, 6) is 0.930. The predicted molar refractivity (Wildman–Crippen MR) is 73.1 cm³/mol. The molecule has 1 aliphatic rings. The van der Waals surface area contributed by atoms with Gasteiger partial charge in [-0.2, -0.15) is 11.8 Å². The highest BCUT2D eigenvalue weighted by atomic mass is 32.2. The second-order valence-corrected chi connectivity index (χ2v) is 5.80. The van der Waals surface area contributed by atoms with Crippen LogP contribution in [-0.4, -0.2) is 23.4 Å². The lowest BCUT2D eigenvalue weighted by molar-refractivity contribution is -0.141. The third-order valence-corrected chi connectivity index (χ3v) is 4.89. The molecule has 0 heterocycles. The quantitative estimate of drug-likeness (QED) is 0.889. The molecule has 3 nitrogen and oxygen atoms in total. The van der Waals surface area contributed by atoms with Crippen LogP contribution in [0.4, 0.5) is 0 Å². The first kappa shape index (κ1) is 13.3. The molecule has 98 valence electrons. The van der Waals surface area contributed by atoms with Crippen molar-refractivity contribution in [3.05, 3.63) is 29.8 Å². The minimum Gasteiger partial charge on any atom is -0.497 e. The van der Waals surface area contributed by atoms with Gasteiger partial charge in [-0.1, -0.05) is 18.6 Å². The Morgan fingerprint density at radius 2 is 2.11 bits per heavy atom. The molecule has 0 spiro atoms. The van der Waals surface area contributed by atoms with Gasteiger partial charge in [0.05, 0.1) is 13.0 Å². The van der Waals surface area contributed by atoms with Crippen LogP contribution < -0.4 is 4.74 Å². The lowest BCUT2D eigenvalue weighted by atomic mass is 10.1. The number of carbonyl (C=O) groups is 1. The summed E-state index contributed by atoms with van der Waals surface area (Å²) in [7, 11) is 1.65. The second kappa shape index (κ2) is 6.14. The lowest BCUT2D eigenvalue weighted by Crippen LogP contribution is -2.20. The molecule has 1 N–H and O–H groups in total. The zero-order valence-electron chi connectivity index (χ0n) is 10.5. The highest BCUT2D eigenvalue weighted by Crippen LogP contribution is 2.36. The van der Waals surface area contributed by atoms with Crippen molar-refractivity contribution in [3.8, 4) is 5.75 Å². The monoisotopic (exact) mass is 266 g/mol. The molecule has 0 bridgehead atoms. The van der Waals surface area contributed by atoms with Crippen LogP contribution in [0.2, 0.25) is 0 Å². The fourth-order valence-corrected chi connectivity index (χ4v) is 3.75. The first-order valence-corrected chi connectivity index (χ1v) is 7.23. The maximum atomic E-state index is 11.1. The number of carboxylic acids is 1. The second-order valence-electron chi connectivity index (χ2n) is 4.57. The van der Waals surface area contributed by atoms with Crippen LogP contribution in [-0.2, 0) is 10.5 Å². The molecule has 1 saturated carbocycles. The number of rotatable bonds is 5. The van der Waals surface area contributed by atoms with Gasteiger partial charge in [-0.05, 0) is 30.5 Å². The van der Waals surface area contributed by atoms with E-state index >= 15 is 0 Å². The smallest absolute Gasteiger partial charge is 0.307 e. The van der Waals surface area contributed by atoms with Crippen LogP contribution in [0.3, 0.4) is 0 Å². The van der Waals surface area contributed by atoms with Gasteiger partial charge < -0.3 is 9.84 Å². The van der Waals surface area contributed by atoms with Crippen molar-refractivity contribution in [2.75, 3.05) is 7.11 Å². The Morgan fingerprint density at radius 3 is 2.72 bits per heavy atom. The fourth-order valence-electron chi connectivity index (χ4n) is 2.33. The van der Waals surface area contributed by atoms with Crippen molar-refractivity contribution in [2.45, 2.75) is 30.3 Å². The van der Waals surface area contributed by atoms with E-state index in [0.717, 1.165) is 30.8 Å². The number of carboxylic acid groups (broad SMARTS) is 1. The van der Waals surface area contributed by atoms with Gasteiger partial charge in [0.1, 0.15) is 5.75 Å². The van der Waals surface area contributed by atoms with Crippen molar-refractivity contribution in [1.82, 2.24) is 0 Å². The van der Waals surface area contributed by atoms with E-state index in [0.29, 0.717) is 0 Å². The number of hydrogen-bond donors (Lipinski definition) is 1. The Balaban J connectivity index is 1.88. The van der Waals surface area contributed by atoms with E-state index < -0.39 is 5.97 Å². The van der Waals surface area contributed by atoms with Crippen LogP contribution in [0.25, 0.3) is 0 Å². The number of ether oxygens (including phenoxy) is 1. The molecule has 18 heavy (non-hydrogen) atoms. The maximum absolute atomic E-state index is 11.1. The SMILES string of the molecule is COc1ccc(CS[C@H]2CCC[C@@H]2C(=O)O)cc1. The molecule has 0 aliphatic heterocycles. The summed E-state index contributed by atoms with van der Waals surface area (Å²) >= 11 is 1.77. The molecule has 0 radical (unpaired) electrons. The minimum atomic E-state index is -0.639. The van der Waals surface area contributed by atoms with E-state index in [-0.39, 0.29) is 11.2 Å². The maximum Gasteiger partial charge on any atom is 0.307 e. The number of benzene rings is 1. The molecule has 2 rings (SSSR count). The van der Waals surface area contributed by atoms with Crippen LogP contribution >= 0.6 is 11.8 Å². The number of hydrogen-bond acceptors (Lipinski definition) is 3. The van der Waals surface area contributed by atoms with E-state index in [4.69, 9.17) is 9.84 Å². The Bertz CT molecular complexity index is 402. The van der Waals surface area contributed by atoms with Gasteiger partial charge in [0, 0.05) is 11.0 Å². The normalized spacial score (nSPS) is 22.9. The summed E-state index contributed by atoms with van der Waals surface area (Å²) in [6, 6.07) is 7.96. The largest absolute Gasteiger partial charge is 0.497 e. The Kier molecular flexibility index (Phi) is 4.53. The number of methoxy groups -OCH3 is 1. The molecule has 1 fully saturated rings. The molecule has 0 amide bonds. The van der Waals surface area contributed by atoms with Crippen molar-refractivity contribution in [3.63, 3.8) is 0 Å². The molecule has 1 aromatic carbocycles.